The monoisotopic (exact) mass is 703 g/mol. The second-order valence-electron chi connectivity index (χ2n) is 14.1. The summed E-state index contributed by atoms with van der Waals surface area (Å²) < 4.78 is 22.0. The van der Waals surface area contributed by atoms with Gasteiger partial charge in [-0.05, 0) is 12.8 Å². The van der Waals surface area contributed by atoms with Gasteiger partial charge in [0, 0.05) is 12.8 Å². The minimum atomic E-state index is -1.59. The van der Waals surface area contributed by atoms with Crippen molar-refractivity contribution in [1.29, 1.82) is 0 Å². The maximum absolute atomic E-state index is 12.6. The van der Waals surface area contributed by atoms with Crippen LogP contribution in [0.4, 0.5) is 0 Å². The van der Waals surface area contributed by atoms with Gasteiger partial charge < -0.3 is 39.4 Å². The smallest absolute Gasteiger partial charge is 0.306 e. The van der Waals surface area contributed by atoms with Gasteiger partial charge in [0.25, 0.3) is 0 Å². The molecule has 1 aliphatic rings. The van der Waals surface area contributed by atoms with E-state index in [4.69, 9.17) is 18.9 Å². The Balaban J connectivity index is 2.34. The van der Waals surface area contributed by atoms with Gasteiger partial charge in [-0.2, -0.15) is 0 Å². The molecule has 0 radical (unpaired) electrons. The van der Waals surface area contributed by atoms with Crippen molar-refractivity contribution in [1.82, 2.24) is 0 Å². The molecule has 290 valence electrons. The first kappa shape index (κ1) is 45.7. The van der Waals surface area contributed by atoms with Crippen LogP contribution in [-0.4, -0.2) is 89.0 Å². The van der Waals surface area contributed by atoms with Crippen molar-refractivity contribution in [2.75, 3.05) is 19.8 Å². The van der Waals surface area contributed by atoms with Crippen LogP contribution in [0.3, 0.4) is 0 Å². The van der Waals surface area contributed by atoms with Crippen molar-refractivity contribution < 1.29 is 49.0 Å². The Kier molecular flexibility index (Phi) is 29.3. The molecule has 10 nitrogen and oxygen atoms in total. The summed E-state index contributed by atoms with van der Waals surface area (Å²) in [6.45, 7) is 3.40. The number of rotatable bonds is 33. The van der Waals surface area contributed by atoms with Crippen LogP contribution < -0.4 is 0 Å². The highest BCUT2D eigenvalue weighted by molar-refractivity contribution is 5.70. The summed E-state index contributed by atoms with van der Waals surface area (Å²) >= 11 is 0. The number of unbranched alkanes of at least 4 members (excludes halogenated alkanes) is 22. The van der Waals surface area contributed by atoms with Gasteiger partial charge in [0.2, 0.25) is 0 Å². The van der Waals surface area contributed by atoms with Gasteiger partial charge in [0.15, 0.2) is 12.4 Å². The van der Waals surface area contributed by atoms with Gasteiger partial charge in [-0.25, -0.2) is 0 Å². The third-order valence-corrected chi connectivity index (χ3v) is 9.49. The van der Waals surface area contributed by atoms with E-state index in [9.17, 15) is 30.0 Å². The minimum absolute atomic E-state index is 0.210. The van der Waals surface area contributed by atoms with Crippen LogP contribution in [-0.2, 0) is 28.5 Å². The number of esters is 2. The zero-order valence-electron chi connectivity index (χ0n) is 31.2. The Bertz CT molecular complexity index is 779. The van der Waals surface area contributed by atoms with Crippen LogP contribution in [0, 0.1) is 0 Å². The molecule has 0 saturated carbocycles. The quantitative estimate of drug-likeness (QED) is 0.0401. The van der Waals surface area contributed by atoms with Crippen LogP contribution in [0.1, 0.15) is 181 Å². The molecule has 1 rings (SSSR count). The fourth-order valence-corrected chi connectivity index (χ4v) is 6.25. The second kappa shape index (κ2) is 31.4. The van der Waals surface area contributed by atoms with E-state index in [1.54, 1.807) is 0 Å². The predicted octanol–water partition coefficient (Wildman–Crippen LogP) is 7.44. The summed E-state index contributed by atoms with van der Waals surface area (Å²) in [4.78, 5) is 25.1. The Hall–Kier alpha value is -1.30. The lowest BCUT2D eigenvalue weighted by Gasteiger charge is -2.39. The zero-order chi connectivity index (χ0) is 36.0. The average molecular weight is 703 g/mol. The standard InChI is InChI=1S/C39H74O10/c1-3-5-7-9-11-13-14-15-16-17-18-20-21-23-25-27-34(41)46-30-32(31-47-39-38(45)37(44)36(43)33(29-40)49-39)48-35(42)28-26-24-22-19-12-10-8-6-4-2/h32-33,36-40,43-45H,3-31H2,1-2H3/t32-,33-,36+,37+,38-,39-/m1/s1. The fraction of sp³-hybridized carbons (Fsp3) is 0.949. The Morgan fingerprint density at radius 2 is 0.959 bits per heavy atom. The molecule has 0 aliphatic carbocycles. The molecule has 0 aromatic heterocycles. The normalized spacial score (nSPS) is 21.5. The summed E-state index contributed by atoms with van der Waals surface area (Å²) in [5.74, 6) is -0.800. The van der Waals surface area contributed by atoms with Crippen molar-refractivity contribution in [3.8, 4) is 0 Å². The number of hydrogen-bond donors (Lipinski definition) is 4. The van der Waals surface area contributed by atoms with Gasteiger partial charge in [0.05, 0.1) is 13.2 Å². The van der Waals surface area contributed by atoms with E-state index in [1.807, 2.05) is 0 Å². The Morgan fingerprint density at radius 3 is 1.39 bits per heavy atom. The van der Waals surface area contributed by atoms with Crippen molar-refractivity contribution in [3.05, 3.63) is 0 Å². The first-order valence-electron chi connectivity index (χ1n) is 20.1. The number of ether oxygens (including phenoxy) is 4. The van der Waals surface area contributed by atoms with E-state index in [0.29, 0.717) is 6.42 Å². The van der Waals surface area contributed by atoms with Crippen LogP contribution >= 0.6 is 0 Å². The highest BCUT2D eigenvalue weighted by Crippen LogP contribution is 2.22. The fourth-order valence-electron chi connectivity index (χ4n) is 6.25. The minimum Gasteiger partial charge on any atom is -0.462 e. The van der Waals surface area contributed by atoms with Crippen LogP contribution in [0.15, 0.2) is 0 Å². The number of carbonyl (C=O) groups is 2. The van der Waals surface area contributed by atoms with E-state index in [2.05, 4.69) is 13.8 Å². The lowest BCUT2D eigenvalue weighted by molar-refractivity contribution is -0.305. The van der Waals surface area contributed by atoms with E-state index in [-0.39, 0.29) is 32.0 Å². The van der Waals surface area contributed by atoms with Crippen molar-refractivity contribution in [2.45, 2.75) is 218 Å². The number of hydrogen-bond acceptors (Lipinski definition) is 10. The molecule has 4 N–H and O–H groups in total. The predicted molar refractivity (Wildman–Crippen MR) is 192 cm³/mol. The molecule has 6 atom stereocenters. The number of carbonyl (C=O) groups excluding carboxylic acids is 2. The van der Waals surface area contributed by atoms with E-state index < -0.39 is 49.4 Å². The summed E-state index contributed by atoms with van der Waals surface area (Å²) in [7, 11) is 0. The van der Waals surface area contributed by atoms with Gasteiger partial charge >= 0.3 is 11.9 Å². The maximum Gasteiger partial charge on any atom is 0.306 e. The van der Waals surface area contributed by atoms with Crippen LogP contribution in [0.5, 0.6) is 0 Å². The number of aliphatic hydroxyl groups excluding tert-OH is 4. The molecule has 0 amide bonds. The summed E-state index contributed by atoms with van der Waals surface area (Å²) in [5.41, 5.74) is 0. The molecule has 1 fully saturated rings. The SMILES string of the molecule is CCCCCCCCCCCCCCCCCC(=O)OC[C@H](CO[C@@H]1O[C@H](CO)[C@H](O)[C@H](O)[C@H]1O)OC(=O)CCCCCCCCCCC. The Morgan fingerprint density at radius 1 is 0.551 bits per heavy atom. The first-order valence-corrected chi connectivity index (χ1v) is 20.1. The molecular weight excluding hydrogens is 628 g/mol. The molecule has 1 saturated heterocycles. The van der Waals surface area contributed by atoms with Crippen LogP contribution in [0.2, 0.25) is 0 Å². The van der Waals surface area contributed by atoms with Gasteiger partial charge in [-0.15, -0.1) is 0 Å². The lowest BCUT2D eigenvalue weighted by atomic mass is 9.99. The molecule has 0 unspecified atom stereocenters. The van der Waals surface area contributed by atoms with Crippen LogP contribution in [0.25, 0.3) is 0 Å². The molecule has 10 heteroatoms. The molecular formula is C39H74O10. The summed E-state index contributed by atoms with van der Waals surface area (Å²) in [5, 5.41) is 39.9. The topological polar surface area (TPSA) is 152 Å². The molecule has 1 aliphatic heterocycles. The molecule has 0 aromatic carbocycles. The van der Waals surface area contributed by atoms with E-state index >= 15 is 0 Å². The van der Waals surface area contributed by atoms with E-state index in [0.717, 1.165) is 38.5 Å². The largest absolute Gasteiger partial charge is 0.462 e. The third kappa shape index (κ3) is 23.7. The van der Waals surface area contributed by atoms with Crippen molar-refractivity contribution >= 4 is 11.9 Å². The van der Waals surface area contributed by atoms with Crippen molar-refractivity contribution in [2.24, 2.45) is 0 Å². The van der Waals surface area contributed by atoms with Gasteiger partial charge in [-0.1, -0.05) is 155 Å². The second-order valence-corrected chi connectivity index (χ2v) is 14.1. The Labute approximate surface area is 298 Å². The first-order chi connectivity index (χ1) is 23.8. The average Bonchev–Trinajstić information content (AvgIpc) is 3.10. The molecule has 49 heavy (non-hydrogen) atoms. The zero-order valence-corrected chi connectivity index (χ0v) is 31.2. The summed E-state index contributed by atoms with van der Waals surface area (Å²) in [6, 6.07) is 0. The lowest BCUT2D eigenvalue weighted by Crippen LogP contribution is -2.59. The highest BCUT2D eigenvalue weighted by atomic mass is 16.7. The molecule has 1 heterocycles. The van der Waals surface area contributed by atoms with Gasteiger partial charge in [0.1, 0.15) is 31.0 Å². The van der Waals surface area contributed by atoms with E-state index in [1.165, 1.54) is 109 Å². The summed E-state index contributed by atoms with van der Waals surface area (Å²) in [6.07, 6.45) is 21.2. The molecule has 0 bridgehead atoms. The molecule has 0 spiro atoms. The molecule has 0 aromatic rings. The highest BCUT2D eigenvalue weighted by Gasteiger charge is 2.44. The van der Waals surface area contributed by atoms with Crippen molar-refractivity contribution in [3.63, 3.8) is 0 Å². The third-order valence-electron chi connectivity index (χ3n) is 9.49. The number of aliphatic hydroxyl groups is 4. The maximum atomic E-state index is 12.6. The van der Waals surface area contributed by atoms with Gasteiger partial charge in [-0.3, -0.25) is 9.59 Å².